The van der Waals surface area contributed by atoms with Crippen molar-refractivity contribution in [2.24, 2.45) is 0 Å². The summed E-state index contributed by atoms with van der Waals surface area (Å²) in [6.07, 6.45) is 1.70. The van der Waals surface area contributed by atoms with E-state index in [2.05, 4.69) is 23.4 Å². The number of hydrogen-bond donors (Lipinski definition) is 1. The van der Waals surface area contributed by atoms with Gasteiger partial charge in [0.05, 0.1) is 5.02 Å². The molecule has 0 radical (unpaired) electrons. The first-order valence-electron chi connectivity index (χ1n) is 5.71. The van der Waals surface area contributed by atoms with Gasteiger partial charge in [-0.15, -0.1) is 0 Å². The number of piperazine rings is 1. The smallest absolute Gasteiger partial charge is 0.134 e. The summed E-state index contributed by atoms with van der Waals surface area (Å²) < 4.78 is 0. The van der Waals surface area contributed by atoms with E-state index in [1.165, 1.54) is 0 Å². The van der Waals surface area contributed by atoms with Gasteiger partial charge in [0.15, 0.2) is 0 Å². The van der Waals surface area contributed by atoms with Crippen molar-refractivity contribution in [2.75, 3.05) is 38.1 Å². The third kappa shape index (κ3) is 2.40. The van der Waals surface area contributed by atoms with Crippen LogP contribution in [0.5, 0.6) is 5.75 Å². The summed E-state index contributed by atoms with van der Waals surface area (Å²) in [6.45, 7) is 7.79. The van der Waals surface area contributed by atoms with Gasteiger partial charge in [0, 0.05) is 37.4 Å². The molecule has 0 aliphatic carbocycles. The van der Waals surface area contributed by atoms with Gasteiger partial charge < -0.3 is 14.9 Å². The highest BCUT2D eigenvalue weighted by atomic mass is 35.5. The largest absolute Gasteiger partial charge is 0.506 e. The van der Waals surface area contributed by atoms with Crippen LogP contribution in [-0.2, 0) is 0 Å². The summed E-state index contributed by atoms with van der Waals surface area (Å²) in [4.78, 5) is 4.58. The van der Waals surface area contributed by atoms with Crippen molar-refractivity contribution < 1.29 is 5.11 Å². The molecule has 0 bridgehead atoms. The number of nitrogens with zero attached hydrogens (tertiary/aromatic N) is 2. The second kappa shape index (κ2) is 4.98. The van der Waals surface area contributed by atoms with Gasteiger partial charge in [-0.25, -0.2) is 0 Å². The number of likely N-dealkylation sites (N-methyl/N-ethyl adjacent to an activating group) is 1. The summed E-state index contributed by atoms with van der Waals surface area (Å²) in [7, 11) is 2.12. The van der Waals surface area contributed by atoms with Crippen molar-refractivity contribution in [3.8, 4) is 5.75 Å². The topological polar surface area (TPSA) is 26.7 Å². The molecule has 0 saturated carbocycles. The summed E-state index contributed by atoms with van der Waals surface area (Å²) in [6, 6.07) is 3.55. The van der Waals surface area contributed by atoms with Gasteiger partial charge in [0.2, 0.25) is 0 Å². The lowest BCUT2D eigenvalue weighted by Gasteiger charge is -2.35. The number of rotatable bonds is 2. The summed E-state index contributed by atoms with van der Waals surface area (Å²) >= 11 is 6.09. The Morgan fingerprint density at radius 1 is 1.29 bits per heavy atom. The van der Waals surface area contributed by atoms with Crippen molar-refractivity contribution >= 4 is 23.4 Å². The molecule has 2 rings (SSSR count). The maximum absolute atomic E-state index is 9.59. The first-order chi connectivity index (χ1) is 8.13. The zero-order chi connectivity index (χ0) is 12.4. The zero-order valence-corrected chi connectivity index (χ0v) is 10.7. The number of benzene rings is 1. The van der Waals surface area contributed by atoms with Crippen molar-refractivity contribution in [3.05, 3.63) is 29.3 Å². The number of phenolic OH excluding ortho intramolecular Hbond substituents is 1. The minimum Gasteiger partial charge on any atom is -0.506 e. The number of hydrogen-bond acceptors (Lipinski definition) is 3. The molecular formula is C13H17ClN2O. The SMILES string of the molecule is C=Cc1c(N2CCN(C)CC2)ccc(O)c1Cl. The zero-order valence-electron chi connectivity index (χ0n) is 9.99. The van der Waals surface area contributed by atoms with Gasteiger partial charge in [0.1, 0.15) is 5.75 Å². The fourth-order valence-corrected chi connectivity index (χ4v) is 2.33. The van der Waals surface area contributed by atoms with E-state index in [1.807, 2.05) is 6.07 Å². The Morgan fingerprint density at radius 2 is 1.94 bits per heavy atom. The third-order valence-electron chi connectivity index (χ3n) is 3.18. The van der Waals surface area contributed by atoms with Gasteiger partial charge in [-0.05, 0) is 19.2 Å². The summed E-state index contributed by atoms with van der Waals surface area (Å²) in [5.74, 6) is 0.111. The van der Waals surface area contributed by atoms with Gasteiger partial charge in [-0.3, -0.25) is 0 Å². The van der Waals surface area contributed by atoms with Crippen LogP contribution in [0.3, 0.4) is 0 Å². The number of anilines is 1. The fraction of sp³-hybridized carbons (Fsp3) is 0.385. The monoisotopic (exact) mass is 252 g/mol. The summed E-state index contributed by atoms with van der Waals surface area (Å²) in [5.41, 5.74) is 1.87. The Kier molecular flexibility index (Phi) is 3.60. The highest BCUT2D eigenvalue weighted by Crippen LogP contribution is 2.35. The van der Waals surface area contributed by atoms with Gasteiger partial charge in [-0.2, -0.15) is 0 Å². The lowest BCUT2D eigenvalue weighted by molar-refractivity contribution is 0.313. The maximum Gasteiger partial charge on any atom is 0.134 e. The minimum atomic E-state index is 0.111. The lowest BCUT2D eigenvalue weighted by atomic mass is 10.1. The van der Waals surface area contributed by atoms with Crippen LogP contribution in [0.15, 0.2) is 18.7 Å². The Balaban J connectivity index is 2.32. The van der Waals surface area contributed by atoms with Crippen LogP contribution in [-0.4, -0.2) is 43.2 Å². The highest BCUT2D eigenvalue weighted by molar-refractivity contribution is 6.34. The molecule has 1 saturated heterocycles. The van der Waals surface area contributed by atoms with Gasteiger partial charge in [0.25, 0.3) is 0 Å². The van der Waals surface area contributed by atoms with Crippen LogP contribution >= 0.6 is 11.6 Å². The van der Waals surface area contributed by atoms with Crippen LogP contribution in [0.25, 0.3) is 6.08 Å². The molecule has 1 N–H and O–H groups in total. The van der Waals surface area contributed by atoms with E-state index in [1.54, 1.807) is 12.1 Å². The van der Waals surface area contributed by atoms with Crippen LogP contribution in [0, 0.1) is 0 Å². The van der Waals surface area contributed by atoms with Crippen LogP contribution < -0.4 is 4.90 Å². The molecule has 1 aromatic carbocycles. The molecule has 0 spiro atoms. The van der Waals surface area contributed by atoms with E-state index in [0.717, 1.165) is 37.4 Å². The lowest BCUT2D eigenvalue weighted by Crippen LogP contribution is -2.44. The molecule has 1 heterocycles. The second-order valence-electron chi connectivity index (χ2n) is 4.33. The van der Waals surface area contributed by atoms with Crippen molar-refractivity contribution in [1.29, 1.82) is 0 Å². The maximum atomic E-state index is 9.59. The molecule has 1 aliphatic heterocycles. The van der Waals surface area contributed by atoms with E-state index < -0.39 is 0 Å². The quantitative estimate of drug-likeness (QED) is 0.876. The van der Waals surface area contributed by atoms with Crippen LogP contribution in [0.4, 0.5) is 5.69 Å². The van der Waals surface area contributed by atoms with E-state index in [-0.39, 0.29) is 5.75 Å². The van der Waals surface area contributed by atoms with Crippen LogP contribution in [0.1, 0.15) is 5.56 Å². The second-order valence-corrected chi connectivity index (χ2v) is 4.70. The normalized spacial score (nSPS) is 17.2. The van der Waals surface area contributed by atoms with Gasteiger partial charge in [-0.1, -0.05) is 24.3 Å². The molecule has 0 atom stereocenters. The third-order valence-corrected chi connectivity index (χ3v) is 3.58. The molecule has 4 heteroatoms. The fourth-order valence-electron chi connectivity index (χ4n) is 2.09. The highest BCUT2D eigenvalue weighted by Gasteiger charge is 2.18. The number of phenols is 1. The molecule has 1 aromatic rings. The first-order valence-corrected chi connectivity index (χ1v) is 6.08. The molecule has 0 unspecified atom stereocenters. The Morgan fingerprint density at radius 3 is 2.53 bits per heavy atom. The molecule has 1 fully saturated rings. The predicted octanol–water partition coefficient (Wildman–Crippen LogP) is 2.44. The first kappa shape index (κ1) is 12.3. The van der Waals surface area contributed by atoms with E-state index >= 15 is 0 Å². The molecule has 0 aromatic heterocycles. The van der Waals surface area contributed by atoms with E-state index in [0.29, 0.717) is 5.02 Å². The Bertz CT molecular complexity index is 426. The molecule has 17 heavy (non-hydrogen) atoms. The van der Waals surface area contributed by atoms with E-state index in [9.17, 15) is 5.11 Å². The molecule has 0 amide bonds. The number of halogens is 1. The molecule has 92 valence electrons. The minimum absolute atomic E-state index is 0.111. The molecule has 3 nitrogen and oxygen atoms in total. The van der Waals surface area contributed by atoms with Gasteiger partial charge >= 0.3 is 0 Å². The van der Waals surface area contributed by atoms with Crippen molar-refractivity contribution in [2.45, 2.75) is 0 Å². The van der Waals surface area contributed by atoms with E-state index in [4.69, 9.17) is 11.6 Å². The molecular weight excluding hydrogens is 236 g/mol. The average Bonchev–Trinajstić information content (AvgIpc) is 2.34. The Hall–Kier alpha value is -1.19. The Labute approximate surface area is 107 Å². The standard InChI is InChI=1S/C13H17ClN2O/c1-3-10-11(4-5-12(17)13(10)14)16-8-6-15(2)7-9-16/h3-5,17H,1,6-9H2,2H3. The predicted molar refractivity (Wildman–Crippen MR) is 72.9 cm³/mol. The molecule has 1 aliphatic rings. The summed E-state index contributed by atoms with van der Waals surface area (Å²) in [5, 5.41) is 9.98. The van der Waals surface area contributed by atoms with Crippen molar-refractivity contribution in [3.63, 3.8) is 0 Å². The van der Waals surface area contributed by atoms with Crippen LogP contribution in [0.2, 0.25) is 5.02 Å². The van der Waals surface area contributed by atoms with Crippen molar-refractivity contribution in [1.82, 2.24) is 4.90 Å². The number of aromatic hydroxyl groups is 1. The average molecular weight is 253 g/mol.